The second-order valence-electron chi connectivity index (χ2n) is 13.0. The maximum absolute atomic E-state index is 11.6. The first-order valence-corrected chi connectivity index (χ1v) is 15.6. The number of benzene rings is 5. The summed E-state index contributed by atoms with van der Waals surface area (Å²) in [5.74, 6) is -0.320. The highest BCUT2D eigenvalue weighted by molar-refractivity contribution is 5.97. The van der Waals surface area contributed by atoms with Crippen LogP contribution >= 0.6 is 0 Å². The maximum atomic E-state index is 11.6. The van der Waals surface area contributed by atoms with Gasteiger partial charge in [0.25, 0.3) is 0 Å². The monoisotopic (exact) mass is 619 g/mol. The number of pyridine rings is 1. The first kappa shape index (κ1) is 23.8. The van der Waals surface area contributed by atoms with Gasteiger partial charge < -0.3 is 5.11 Å². The molecular weight excluding hydrogens is 574 g/mol. The van der Waals surface area contributed by atoms with Crippen LogP contribution in [0.15, 0.2) is 121 Å². The van der Waals surface area contributed by atoms with E-state index in [0.29, 0.717) is 16.7 Å². The van der Waals surface area contributed by atoms with Crippen molar-refractivity contribution < 1.29 is 13.3 Å². The molecule has 0 amide bonds. The molecule has 7 rings (SSSR count). The van der Waals surface area contributed by atoms with Crippen molar-refractivity contribution in [1.29, 1.82) is 0 Å². The molecule has 0 bridgehead atoms. The maximum Gasteiger partial charge on any atom is 0.149 e. The summed E-state index contributed by atoms with van der Waals surface area (Å²) >= 11 is 0. The van der Waals surface area contributed by atoms with E-state index in [1.807, 2.05) is 84.4 Å². The lowest BCUT2D eigenvalue weighted by molar-refractivity contribution is 0.472. The molecule has 0 aliphatic rings. The Morgan fingerprint density at radius 1 is 0.681 bits per heavy atom. The van der Waals surface area contributed by atoms with Crippen molar-refractivity contribution in [2.24, 2.45) is 0 Å². The molecule has 0 radical (unpaired) electrons. The Labute approximate surface area is 285 Å². The Hall–Kier alpha value is -5.48. The van der Waals surface area contributed by atoms with Gasteiger partial charge in [0.15, 0.2) is 0 Å². The van der Waals surface area contributed by atoms with Crippen LogP contribution in [-0.2, 0) is 5.41 Å². The van der Waals surface area contributed by atoms with Gasteiger partial charge in [-0.3, -0.25) is 9.55 Å². The highest BCUT2D eigenvalue weighted by Gasteiger charge is 2.23. The average molecular weight is 620 g/mol. The van der Waals surface area contributed by atoms with Crippen LogP contribution in [0.5, 0.6) is 5.75 Å². The Balaban J connectivity index is 1.51. The summed E-state index contributed by atoms with van der Waals surface area (Å²) in [6.07, 6.45) is 1.82. The number of nitrogens with zero attached hydrogens (tertiary/aromatic N) is 3. The standard InChI is InChI=1S/C43H39N3O/c1-27-15-17-35(18-16-27)46-39-14-10-13-36(40(39)45-42(46)37-22-28(2)21-29(3)41(37)47)32-23-33(25-34(24-32)43(4,5)6)38-26-31(19-20-44-38)30-11-8-7-9-12-30/h7-26,47H,1-6H3/i2D3,3D3. The summed E-state index contributed by atoms with van der Waals surface area (Å²) < 4.78 is 50.8. The number of para-hydroxylation sites is 1. The lowest BCUT2D eigenvalue weighted by Gasteiger charge is -2.22. The van der Waals surface area contributed by atoms with Gasteiger partial charge in [-0.25, -0.2) is 4.98 Å². The van der Waals surface area contributed by atoms with E-state index in [1.54, 1.807) is 0 Å². The highest BCUT2D eigenvalue weighted by Crippen LogP contribution is 2.41. The molecule has 5 aromatic carbocycles. The van der Waals surface area contributed by atoms with Crippen LogP contribution in [0, 0.1) is 20.6 Å². The number of phenols is 1. The summed E-state index contributed by atoms with van der Waals surface area (Å²) in [5.41, 5.74) is 8.90. The largest absolute Gasteiger partial charge is 0.507 e. The molecule has 0 spiro atoms. The summed E-state index contributed by atoms with van der Waals surface area (Å²) in [6.45, 7) is 3.06. The zero-order valence-electron chi connectivity index (χ0n) is 32.8. The van der Waals surface area contributed by atoms with E-state index in [-0.39, 0.29) is 22.4 Å². The van der Waals surface area contributed by atoms with Crippen molar-refractivity contribution in [3.63, 3.8) is 0 Å². The average Bonchev–Trinajstić information content (AvgIpc) is 3.50. The van der Waals surface area contributed by atoms with E-state index >= 15 is 0 Å². The molecule has 0 unspecified atom stereocenters. The predicted molar refractivity (Wildman–Crippen MR) is 195 cm³/mol. The molecule has 0 aliphatic heterocycles. The van der Waals surface area contributed by atoms with Crippen molar-refractivity contribution in [2.75, 3.05) is 0 Å². The zero-order valence-corrected chi connectivity index (χ0v) is 26.8. The van der Waals surface area contributed by atoms with Crippen LogP contribution < -0.4 is 0 Å². The predicted octanol–water partition coefficient (Wildman–Crippen LogP) is 11.0. The van der Waals surface area contributed by atoms with Crippen molar-refractivity contribution in [1.82, 2.24) is 14.5 Å². The number of aromatic nitrogens is 3. The molecule has 0 saturated carbocycles. The van der Waals surface area contributed by atoms with Crippen molar-refractivity contribution >= 4 is 11.0 Å². The minimum Gasteiger partial charge on any atom is -0.507 e. The van der Waals surface area contributed by atoms with Crippen LogP contribution in [0.4, 0.5) is 0 Å². The third-order valence-electron chi connectivity index (χ3n) is 8.60. The third-order valence-corrected chi connectivity index (χ3v) is 8.60. The van der Waals surface area contributed by atoms with E-state index < -0.39 is 25.0 Å². The van der Waals surface area contributed by atoms with Gasteiger partial charge in [0.05, 0.1) is 22.3 Å². The summed E-state index contributed by atoms with van der Waals surface area (Å²) in [5, 5.41) is 11.6. The minimum absolute atomic E-state index is 0.0125. The van der Waals surface area contributed by atoms with E-state index in [2.05, 4.69) is 57.2 Å². The molecule has 0 saturated heterocycles. The first-order valence-electron chi connectivity index (χ1n) is 18.6. The molecule has 1 N–H and O–H groups in total. The molecule has 7 aromatic rings. The molecule has 4 nitrogen and oxygen atoms in total. The van der Waals surface area contributed by atoms with Crippen LogP contribution in [0.25, 0.3) is 61.6 Å². The normalized spacial score (nSPS) is 14.1. The summed E-state index contributed by atoms with van der Waals surface area (Å²) in [6, 6.07) is 36.7. The molecule has 2 aromatic heterocycles. The lowest BCUT2D eigenvalue weighted by atomic mass is 9.83. The minimum atomic E-state index is -2.78. The SMILES string of the molecule is [2H]C([2H])([2H])c1cc(-c2nc3c(-c4cc(-c5cc(-c6ccccc6)ccn5)cc(C(C)(C)C)c4)cccc3n2-c2ccc(C)cc2)c(O)c(C([2H])([2H])[2H])c1. The smallest absolute Gasteiger partial charge is 0.149 e. The van der Waals surface area contributed by atoms with E-state index in [1.165, 1.54) is 6.07 Å². The number of aryl methyl sites for hydroxylation is 3. The van der Waals surface area contributed by atoms with Crippen LogP contribution in [0.3, 0.4) is 0 Å². The van der Waals surface area contributed by atoms with Gasteiger partial charge in [-0.15, -0.1) is 0 Å². The van der Waals surface area contributed by atoms with E-state index in [4.69, 9.17) is 18.2 Å². The number of rotatable bonds is 5. The zero-order chi connectivity index (χ0) is 37.9. The Morgan fingerprint density at radius 2 is 1.47 bits per heavy atom. The summed E-state index contributed by atoms with van der Waals surface area (Å²) in [4.78, 5) is 9.92. The van der Waals surface area contributed by atoms with E-state index in [9.17, 15) is 5.11 Å². The van der Waals surface area contributed by atoms with Gasteiger partial charge in [-0.05, 0) is 108 Å². The molecule has 0 aliphatic carbocycles. The molecule has 232 valence electrons. The second-order valence-corrected chi connectivity index (χ2v) is 13.0. The number of hydrogen-bond donors (Lipinski definition) is 1. The van der Waals surface area contributed by atoms with Gasteiger partial charge in [0.1, 0.15) is 11.6 Å². The van der Waals surface area contributed by atoms with Gasteiger partial charge >= 0.3 is 0 Å². The Morgan fingerprint density at radius 3 is 2.21 bits per heavy atom. The molecular formula is C43H39N3O. The van der Waals surface area contributed by atoms with Crippen molar-refractivity contribution in [3.05, 3.63) is 144 Å². The molecule has 0 atom stereocenters. The van der Waals surface area contributed by atoms with Crippen LogP contribution in [0.1, 0.15) is 51.2 Å². The topological polar surface area (TPSA) is 50.9 Å². The Bertz CT molecular complexity index is 2480. The number of imidazole rings is 1. The van der Waals surface area contributed by atoms with Gasteiger partial charge in [-0.2, -0.15) is 0 Å². The number of hydrogen-bond acceptors (Lipinski definition) is 3. The molecule has 0 fully saturated rings. The summed E-state index contributed by atoms with van der Waals surface area (Å²) in [7, 11) is 0. The highest BCUT2D eigenvalue weighted by atomic mass is 16.3. The fraction of sp³-hybridized carbons (Fsp3) is 0.163. The van der Waals surface area contributed by atoms with Gasteiger partial charge in [0, 0.05) is 31.2 Å². The fourth-order valence-corrected chi connectivity index (χ4v) is 6.04. The number of aromatic hydroxyl groups is 1. The lowest BCUT2D eigenvalue weighted by Crippen LogP contribution is -2.11. The second kappa shape index (κ2) is 11.7. The molecule has 47 heavy (non-hydrogen) atoms. The van der Waals surface area contributed by atoms with Crippen LogP contribution in [-0.4, -0.2) is 19.6 Å². The molecule has 2 heterocycles. The van der Waals surface area contributed by atoms with Gasteiger partial charge in [0.2, 0.25) is 0 Å². The quantitative estimate of drug-likeness (QED) is 0.209. The fourth-order valence-electron chi connectivity index (χ4n) is 6.04. The van der Waals surface area contributed by atoms with Crippen molar-refractivity contribution in [3.8, 4) is 56.3 Å². The van der Waals surface area contributed by atoms with Crippen molar-refractivity contribution in [2.45, 2.75) is 46.8 Å². The van der Waals surface area contributed by atoms with E-state index in [0.717, 1.165) is 50.7 Å². The Kier molecular flexibility index (Phi) is 5.93. The van der Waals surface area contributed by atoms with Crippen LogP contribution in [0.2, 0.25) is 0 Å². The molecule has 4 heteroatoms. The van der Waals surface area contributed by atoms with Gasteiger partial charge in [-0.1, -0.05) is 93.1 Å². The first-order chi connectivity index (χ1) is 25.0. The number of fused-ring (bicyclic) bond motifs is 1. The third kappa shape index (κ3) is 5.72. The number of phenolic OH excluding ortho intramolecular Hbond substituents is 1.